The van der Waals surface area contributed by atoms with Gasteiger partial charge in [0, 0.05) is 5.39 Å². The molecule has 102 valence electrons. The van der Waals surface area contributed by atoms with E-state index in [9.17, 15) is 9.59 Å². The van der Waals surface area contributed by atoms with E-state index < -0.39 is 11.5 Å². The number of nitrogens with one attached hydrogen (secondary N) is 2. The summed E-state index contributed by atoms with van der Waals surface area (Å²) < 4.78 is 5.08. The van der Waals surface area contributed by atoms with Gasteiger partial charge in [0.25, 0.3) is 5.91 Å². The van der Waals surface area contributed by atoms with Crippen molar-refractivity contribution in [3.63, 3.8) is 0 Å². The molecule has 7 nitrogen and oxygen atoms in total. The minimum atomic E-state index is -0.746. The van der Waals surface area contributed by atoms with Gasteiger partial charge in [0.15, 0.2) is 0 Å². The number of carbonyl (C=O) groups is 1. The summed E-state index contributed by atoms with van der Waals surface area (Å²) in [6.45, 7) is 0. The molecule has 1 amide bonds. The fourth-order valence-corrected chi connectivity index (χ4v) is 1.87. The number of H-pyrrole nitrogens is 1. The number of anilines is 1. The average Bonchev–Trinajstić information content (AvgIpc) is 2.93. The van der Waals surface area contributed by atoms with Crippen molar-refractivity contribution in [3.05, 3.63) is 58.1 Å². The molecule has 0 atom stereocenters. The van der Waals surface area contributed by atoms with Crippen LogP contribution in [-0.2, 0) is 0 Å². The van der Waals surface area contributed by atoms with Crippen molar-refractivity contribution in [1.82, 2.24) is 10.2 Å². The third kappa shape index (κ3) is 2.26. The zero-order valence-electron chi connectivity index (χ0n) is 10.6. The Morgan fingerprint density at radius 2 is 2.19 bits per heavy atom. The molecular formula is C14H8N4O3. The van der Waals surface area contributed by atoms with E-state index in [2.05, 4.69) is 15.5 Å². The van der Waals surface area contributed by atoms with Crippen molar-refractivity contribution < 1.29 is 9.21 Å². The van der Waals surface area contributed by atoms with E-state index in [1.54, 1.807) is 24.3 Å². The number of amides is 1. The molecule has 2 heterocycles. The molecular weight excluding hydrogens is 272 g/mol. The second-order valence-corrected chi connectivity index (χ2v) is 4.21. The first-order chi connectivity index (χ1) is 10.2. The van der Waals surface area contributed by atoms with E-state index in [1.165, 1.54) is 12.3 Å². The van der Waals surface area contributed by atoms with Crippen LogP contribution in [-0.4, -0.2) is 16.1 Å². The van der Waals surface area contributed by atoms with Gasteiger partial charge in [-0.25, -0.2) is 4.79 Å². The highest BCUT2D eigenvalue weighted by molar-refractivity contribution is 6.05. The second-order valence-electron chi connectivity index (χ2n) is 4.21. The maximum Gasteiger partial charge on any atom is 0.349 e. The van der Waals surface area contributed by atoms with Gasteiger partial charge in [0.2, 0.25) is 0 Å². The molecule has 2 aromatic heterocycles. The van der Waals surface area contributed by atoms with Gasteiger partial charge in [-0.2, -0.15) is 10.4 Å². The van der Waals surface area contributed by atoms with Crippen LogP contribution in [0.1, 0.15) is 15.9 Å². The van der Waals surface area contributed by atoms with Gasteiger partial charge >= 0.3 is 5.63 Å². The lowest BCUT2D eigenvalue weighted by Gasteiger charge is -2.03. The number of aromatic nitrogens is 2. The summed E-state index contributed by atoms with van der Waals surface area (Å²) in [5, 5.41) is 18.0. The molecule has 0 aliphatic heterocycles. The summed E-state index contributed by atoms with van der Waals surface area (Å²) in [4.78, 5) is 24.0. The number of aromatic amines is 1. The Hall–Kier alpha value is -3.40. The number of nitrogens with zero attached hydrogens (tertiary/aromatic N) is 2. The molecule has 3 aromatic rings. The van der Waals surface area contributed by atoms with Crippen LogP contribution in [0.3, 0.4) is 0 Å². The number of rotatable bonds is 2. The minimum Gasteiger partial charge on any atom is -0.422 e. The highest BCUT2D eigenvalue weighted by Gasteiger charge is 2.16. The predicted molar refractivity (Wildman–Crippen MR) is 73.7 cm³/mol. The van der Waals surface area contributed by atoms with Crippen molar-refractivity contribution in [2.24, 2.45) is 0 Å². The monoisotopic (exact) mass is 280 g/mol. The quantitative estimate of drug-likeness (QED) is 0.693. The van der Waals surface area contributed by atoms with Gasteiger partial charge in [-0.1, -0.05) is 18.2 Å². The van der Waals surface area contributed by atoms with Gasteiger partial charge in [0.05, 0.1) is 6.20 Å². The molecule has 3 rings (SSSR count). The first kappa shape index (κ1) is 12.6. The van der Waals surface area contributed by atoms with Crippen LogP contribution in [0.4, 0.5) is 5.82 Å². The van der Waals surface area contributed by atoms with E-state index in [1.807, 2.05) is 6.07 Å². The van der Waals surface area contributed by atoms with Crippen LogP contribution >= 0.6 is 0 Å². The smallest absolute Gasteiger partial charge is 0.349 e. The summed E-state index contributed by atoms with van der Waals surface area (Å²) in [5.41, 5.74) is -0.316. The lowest BCUT2D eigenvalue weighted by molar-refractivity contribution is 0.102. The van der Waals surface area contributed by atoms with Crippen LogP contribution in [0.15, 0.2) is 45.7 Å². The van der Waals surface area contributed by atoms with E-state index in [0.717, 1.165) is 0 Å². The Kier molecular flexibility index (Phi) is 2.97. The number of hydrogen-bond acceptors (Lipinski definition) is 5. The summed E-state index contributed by atoms with van der Waals surface area (Å²) in [5.74, 6) is -0.537. The summed E-state index contributed by atoms with van der Waals surface area (Å²) in [6, 6.07) is 10.2. The van der Waals surface area contributed by atoms with E-state index >= 15 is 0 Å². The lowest BCUT2D eigenvalue weighted by atomic mass is 10.2. The fraction of sp³-hybridized carbons (Fsp3) is 0. The number of hydrogen-bond donors (Lipinski definition) is 2. The molecule has 0 fully saturated rings. The first-order valence-electron chi connectivity index (χ1n) is 5.97. The van der Waals surface area contributed by atoms with Crippen molar-refractivity contribution >= 4 is 22.7 Å². The van der Waals surface area contributed by atoms with E-state index in [0.29, 0.717) is 11.0 Å². The van der Waals surface area contributed by atoms with Crippen LogP contribution in [0.25, 0.3) is 11.0 Å². The molecule has 0 saturated carbocycles. The molecule has 1 aromatic carbocycles. The van der Waals surface area contributed by atoms with Gasteiger partial charge in [-0.3, -0.25) is 9.89 Å². The Morgan fingerprint density at radius 1 is 1.38 bits per heavy atom. The Balaban J connectivity index is 2.00. The Bertz CT molecular complexity index is 933. The number of para-hydroxylation sites is 1. The molecule has 0 radical (unpaired) electrons. The molecule has 7 heteroatoms. The fourth-order valence-electron chi connectivity index (χ4n) is 1.87. The summed E-state index contributed by atoms with van der Waals surface area (Å²) in [7, 11) is 0. The van der Waals surface area contributed by atoms with Crippen molar-refractivity contribution in [2.45, 2.75) is 0 Å². The molecule has 0 spiro atoms. The third-order valence-electron chi connectivity index (χ3n) is 2.88. The van der Waals surface area contributed by atoms with Gasteiger partial charge in [-0.15, -0.1) is 0 Å². The van der Waals surface area contributed by atoms with Crippen LogP contribution in [0, 0.1) is 11.3 Å². The number of benzene rings is 1. The number of carbonyl (C=O) groups excluding carboxylic acids is 1. The molecule has 0 bridgehead atoms. The van der Waals surface area contributed by atoms with Gasteiger partial charge < -0.3 is 9.73 Å². The largest absolute Gasteiger partial charge is 0.422 e. The van der Waals surface area contributed by atoms with Crippen LogP contribution in [0.2, 0.25) is 0 Å². The lowest BCUT2D eigenvalue weighted by Crippen LogP contribution is -2.21. The van der Waals surface area contributed by atoms with Crippen LogP contribution < -0.4 is 10.9 Å². The SMILES string of the molecule is N#Cc1cn[nH]c1NC(=O)c1cc2ccccc2oc1=O. The second kappa shape index (κ2) is 4.94. The normalized spacial score (nSPS) is 10.2. The van der Waals surface area contributed by atoms with Gasteiger partial charge in [-0.05, 0) is 12.1 Å². The summed E-state index contributed by atoms with van der Waals surface area (Å²) in [6.07, 6.45) is 1.28. The van der Waals surface area contributed by atoms with Crippen molar-refractivity contribution in [3.8, 4) is 6.07 Å². The minimum absolute atomic E-state index is 0.134. The topological polar surface area (TPSA) is 112 Å². The predicted octanol–water partition coefficient (Wildman–Crippen LogP) is 1.64. The maximum atomic E-state index is 12.1. The highest BCUT2D eigenvalue weighted by atomic mass is 16.4. The van der Waals surface area contributed by atoms with Gasteiger partial charge in [0.1, 0.15) is 28.6 Å². The molecule has 2 N–H and O–H groups in total. The Labute approximate surface area is 117 Å². The molecule has 0 unspecified atom stereocenters. The summed E-state index contributed by atoms with van der Waals surface area (Å²) >= 11 is 0. The van der Waals surface area contributed by atoms with E-state index in [4.69, 9.17) is 9.68 Å². The molecule has 21 heavy (non-hydrogen) atoms. The Morgan fingerprint density at radius 3 is 3.00 bits per heavy atom. The third-order valence-corrected chi connectivity index (χ3v) is 2.88. The zero-order valence-corrected chi connectivity index (χ0v) is 10.6. The molecule has 0 aliphatic rings. The van der Waals surface area contributed by atoms with Crippen LogP contribution in [0.5, 0.6) is 0 Å². The zero-order chi connectivity index (χ0) is 14.8. The standard InChI is InChI=1S/C14H8N4O3/c15-6-9-7-16-18-12(9)17-13(19)10-5-8-3-1-2-4-11(8)21-14(10)20/h1-5,7H,(H2,16,17,18,19). The maximum absolute atomic E-state index is 12.1. The number of nitriles is 1. The molecule has 0 aliphatic carbocycles. The molecule has 0 saturated heterocycles. The number of fused-ring (bicyclic) bond motifs is 1. The van der Waals surface area contributed by atoms with Crippen molar-refractivity contribution in [2.75, 3.05) is 5.32 Å². The van der Waals surface area contributed by atoms with Crippen molar-refractivity contribution in [1.29, 1.82) is 5.26 Å². The highest BCUT2D eigenvalue weighted by Crippen LogP contribution is 2.14. The average molecular weight is 280 g/mol. The first-order valence-corrected chi connectivity index (χ1v) is 5.97. The van der Waals surface area contributed by atoms with E-state index in [-0.39, 0.29) is 16.9 Å².